The summed E-state index contributed by atoms with van der Waals surface area (Å²) in [5.41, 5.74) is 7.05. The van der Waals surface area contributed by atoms with E-state index < -0.39 is 0 Å². The van der Waals surface area contributed by atoms with Crippen LogP contribution in [0.25, 0.3) is 0 Å². The fraction of sp³-hybridized carbons (Fsp3) is 0.429. The highest BCUT2D eigenvalue weighted by Crippen LogP contribution is 2.38. The van der Waals surface area contributed by atoms with Gasteiger partial charge in [-0.2, -0.15) is 0 Å². The quantitative estimate of drug-likeness (QED) is 0.837. The molecule has 1 heterocycles. The van der Waals surface area contributed by atoms with E-state index >= 15 is 0 Å². The van der Waals surface area contributed by atoms with Crippen molar-refractivity contribution < 1.29 is 4.79 Å². The Labute approximate surface area is 154 Å². The van der Waals surface area contributed by atoms with E-state index in [1.165, 1.54) is 6.42 Å². The van der Waals surface area contributed by atoms with E-state index in [1.807, 2.05) is 30.3 Å². The van der Waals surface area contributed by atoms with Crippen molar-refractivity contribution in [3.8, 4) is 0 Å². The van der Waals surface area contributed by atoms with Crippen LogP contribution in [-0.4, -0.2) is 17.0 Å². The van der Waals surface area contributed by atoms with Crippen molar-refractivity contribution in [2.24, 2.45) is 11.1 Å². The number of nitrogens with zero attached hydrogens (tertiary/aromatic N) is 1. The second-order valence-electron chi connectivity index (χ2n) is 7.33. The molecule has 0 spiro atoms. The molecule has 0 unspecified atom stereocenters. The lowest BCUT2D eigenvalue weighted by atomic mass is 9.71. The zero-order valence-electron chi connectivity index (χ0n) is 15.1. The molecule has 3 rings (SSSR count). The SMILES string of the molecule is NCC1(CC(=O)Nc2cccn(Cc3ccccc3)c2=O)CCCCC1. The maximum Gasteiger partial charge on any atom is 0.274 e. The van der Waals surface area contributed by atoms with E-state index in [2.05, 4.69) is 5.32 Å². The third kappa shape index (κ3) is 4.41. The van der Waals surface area contributed by atoms with Crippen LogP contribution >= 0.6 is 0 Å². The molecule has 0 atom stereocenters. The third-order valence-corrected chi connectivity index (χ3v) is 5.37. The number of nitrogens with one attached hydrogen (secondary N) is 1. The molecule has 0 saturated heterocycles. The van der Waals surface area contributed by atoms with Crippen molar-refractivity contribution in [3.05, 3.63) is 64.6 Å². The highest BCUT2D eigenvalue weighted by atomic mass is 16.2. The molecule has 0 bridgehead atoms. The molecule has 1 aromatic heterocycles. The smallest absolute Gasteiger partial charge is 0.274 e. The number of pyridine rings is 1. The minimum absolute atomic E-state index is 0.111. The number of carbonyl (C=O) groups excluding carboxylic acids is 1. The Balaban J connectivity index is 1.70. The molecule has 5 heteroatoms. The summed E-state index contributed by atoms with van der Waals surface area (Å²) < 4.78 is 1.62. The van der Waals surface area contributed by atoms with Gasteiger partial charge in [-0.05, 0) is 42.5 Å². The van der Waals surface area contributed by atoms with Crippen LogP contribution in [0.3, 0.4) is 0 Å². The van der Waals surface area contributed by atoms with Gasteiger partial charge < -0.3 is 15.6 Å². The van der Waals surface area contributed by atoms with Crippen molar-refractivity contribution in [1.82, 2.24) is 4.57 Å². The zero-order valence-corrected chi connectivity index (χ0v) is 15.1. The second-order valence-corrected chi connectivity index (χ2v) is 7.33. The molecular weight excluding hydrogens is 326 g/mol. The molecule has 0 aliphatic heterocycles. The van der Waals surface area contributed by atoms with Crippen molar-refractivity contribution in [3.63, 3.8) is 0 Å². The van der Waals surface area contributed by atoms with Crippen LogP contribution in [-0.2, 0) is 11.3 Å². The number of amides is 1. The first-order chi connectivity index (χ1) is 12.6. The summed E-state index contributed by atoms with van der Waals surface area (Å²) >= 11 is 0. The Morgan fingerprint density at radius 3 is 2.50 bits per heavy atom. The number of benzene rings is 1. The fourth-order valence-corrected chi connectivity index (χ4v) is 3.83. The van der Waals surface area contributed by atoms with Crippen molar-refractivity contribution >= 4 is 11.6 Å². The van der Waals surface area contributed by atoms with Gasteiger partial charge in [0, 0.05) is 12.6 Å². The topological polar surface area (TPSA) is 77.1 Å². The fourth-order valence-electron chi connectivity index (χ4n) is 3.83. The number of aromatic nitrogens is 1. The molecule has 3 N–H and O–H groups in total. The van der Waals surface area contributed by atoms with Crippen LogP contribution in [0.5, 0.6) is 0 Å². The normalized spacial score (nSPS) is 16.2. The van der Waals surface area contributed by atoms with Gasteiger partial charge in [-0.15, -0.1) is 0 Å². The molecular formula is C21H27N3O2. The maximum atomic E-state index is 12.7. The molecule has 5 nitrogen and oxygen atoms in total. The number of carbonyl (C=O) groups is 1. The second kappa shape index (κ2) is 8.32. The minimum Gasteiger partial charge on any atom is -0.330 e. The number of rotatable bonds is 6. The molecule has 1 aliphatic rings. The molecule has 1 aromatic carbocycles. The van der Waals surface area contributed by atoms with Gasteiger partial charge in [0.15, 0.2) is 0 Å². The van der Waals surface area contributed by atoms with Crippen molar-refractivity contribution in [2.45, 2.75) is 45.1 Å². The lowest BCUT2D eigenvalue weighted by Gasteiger charge is -2.35. The summed E-state index contributed by atoms with van der Waals surface area (Å²) in [4.78, 5) is 25.2. The van der Waals surface area contributed by atoms with E-state index in [9.17, 15) is 9.59 Å². The first-order valence-electron chi connectivity index (χ1n) is 9.35. The highest BCUT2D eigenvalue weighted by Gasteiger charge is 2.33. The van der Waals surface area contributed by atoms with Crippen LogP contribution in [0.1, 0.15) is 44.1 Å². The van der Waals surface area contributed by atoms with Gasteiger partial charge in [-0.1, -0.05) is 49.6 Å². The third-order valence-electron chi connectivity index (χ3n) is 5.37. The Kier molecular flexibility index (Phi) is 5.89. The molecule has 26 heavy (non-hydrogen) atoms. The van der Waals surface area contributed by atoms with Crippen molar-refractivity contribution in [1.29, 1.82) is 0 Å². The molecule has 138 valence electrons. The summed E-state index contributed by atoms with van der Waals surface area (Å²) in [5, 5.41) is 2.81. The van der Waals surface area contributed by atoms with Crippen molar-refractivity contribution in [2.75, 3.05) is 11.9 Å². The van der Waals surface area contributed by atoms with Gasteiger partial charge in [0.25, 0.3) is 5.56 Å². The van der Waals surface area contributed by atoms with E-state index in [-0.39, 0.29) is 16.9 Å². The minimum atomic E-state index is -0.185. The molecule has 2 aromatic rings. The largest absolute Gasteiger partial charge is 0.330 e. The van der Waals surface area contributed by atoms with E-state index in [4.69, 9.17) is 5.73 Å². The predicted molar refractivity (Wildman–Crippen MR) is 104 cm³/mol. The Bertz CT molecular complexity index is 792. The van der Waals surface area contributed by atoms with Gasteiger partial charge in [0.05, 0.1) is 6.54 Å². The molecule has 0 radical (unpaired) electrons. The average molecular weight is 353 g/mol. The summed E-state index contributed by atoms with van der Waals surface area (Å²) in [6.07, 6.45) is 7.57. The van der Waals surface area contributed by atoms with E-state index in [0.29, 0.717) is 25.2 Å². The number of hydrogen-bond acceptors (Lipinski definition) is 3. The van der Waals surface area contributed by atoms with Crippen LogP contribution in [0.4, 0.5) is 5.69 Å². The summed E-state index contributed by atoms with van der Waals surface area (Å²) in [7, 11) is 0. The molecule has 1 fully saturated rings. The number of nitrogens with two attached hydrogens (primary N) is 1. The standard InChI is InChI=1S/C21H27N3O2/c22-16-21(11-5-2-6-12-21)14-19(25)23-18-10-7-13-24(20(18)26)15-17-8-3-1-4-9-17/h1,3-4,7-10,13H,2,5-6,11-12,14-16,22H2,(H,23,25). The lowest BCUT2D eigenvalue weighted by Crippen LogP contribution is -2.37. The van der Waals surface area contributed by atoms with Gasteiger partial charge in [-0.3, -0.25) is 9.59 Å². The Morgan fingerprint density at radius 2 is 1.81 bits per heavy atom. The summed E-state index contributed by atoms with van der Waals surface area (Å²) in [6, 6.07) is 13.3. The first kappa shape index (κ1) is 18.4. The Hall–Kier alpha value is -2.40. The molecule has 1 aliphatic carbocycles. The first-order valence-corrected chi connectivity index (χ1v) is 9.35. The number of hydrogen-bond donors (Lipinski definition) is 2. The highest BCUT2D eigenvalue weighted by molar-refractivity contribution is 5.91. The Morgan fingerprint density at radius 1 is 1.08 bits per heavy atom. The number of anilines is 1. The van der Waals surface area contributed by atoms with Crippen LogP contribution in [0, 0.1) is 5.41 Å². The average Bonchev–Trinajstić information content (AvgIpc) is 2.66. The monoisotopic (exact) mass is 353 g/mol. The van der Waals surface area contributed by atoms with Gasteiger partial charge in [0.1, 0.15) is 5.69 Å². The van der Waals surface area contributed by atoms with Gasteiger partial charge >= 0.3 is 0 Å². The lowest BCUT2D eigenvalue weighted by molar-refractivity contribution is -0.118. The predicted octanol–water partition coefficient (Wildman–Crippen LogP) is 3.13. The van der Waals surface area contributed by atoms with Crippen LogP contribution in [0.15, 0.2) is 53.5 Å². The molecule has 1 amide bonds. The maximum absolute atomic E-state index is 12.7. The molecule has 1 saturated carbocycles. The summed E-state index contributed by atoms with van der Waals surface area (Å²) in [5.74, 6) is -0.119. The van der Waals surface area contributed by atoms with E-state index in [0.717, 1.165) is 31.2 Å². The zero-order chi connectivity index (χ0) is 18.4. The van der Waals surface area contributed by atoms with Crippen LogP contribution < -0.4 is 16.6 Å². The van der Waals surface area contributed by atoms with Gasteiger partial charge in [-0.25, -0.2) is 0 Å². The van der Waals surface area contributed by atoms with Crippen LogP contribution in [0.2, 0.25) is 0 Å². The van der Waals surface area contributed by atoms with E-state index in [1.54, 1.807) is 22.9 Å². The summed E-state index contributed by atoms with van der Waals surface area (Å²) in [6.45, 7) is 1.00. The van der Waals surface area contributed by atoms with Gasteiger partial charge in [0.2, 0.25) is 5.91 Å².